The molecular formula is C17H15BrO2. The number of halogens is 1. The van der Waals surface area contributed by atoms with Crippen molar-refractivity contribution in [1.82, 2.24) is 0 Å². The van der Waals surface area contributed by atoms with Crippen molar-refractivity contribution in [2.75, 3.05) is 0 Å². The summed E-state index contributed by atoms with van der Waals surface area (Å²) in [5.41, 5.74) is 4.19. The van der Waals surface area contributed by atoms with Crippen molar-refractivity contribution in [1.29, 1.82) is 0 Å². The van der Waals surface area contributed by atoms with E-state index in [0.29, 0.717) is 17.7 Å². The van der Waals surface area contributed by atoms with Gasteiger partial charge in [0.1, 0.15) is 11.9 Å². The Kier molecular flexibility index (Phi) is 3.38. The maximum Gasteiger partial charge on any atom is 0.170 e. The molecular weight excluding hydrogens is 316 g/mol. The third kappa shape index (κ3) is 2.27. The zero-order chi connectivity index (χ0) is 14.3. The average Bonchev–Trinajstić information content (AvgIpc) is 2.42. The topological polar surface area (TPSA) is 26.3 Å². The minimum atomic E-state index is -0.184. The minimum absolute atomic E-state index is 0.137. The molecule has 1 heterocycles. The molecule has 0 fully saturated rings. The summed E-state index contributed by atoms with van der Waals surface area (Å²) in [7, 11) is 0. The highest BCUT2D eigenvalue weighted by molar-refractivity contribution is 9.10. The summed E-state index contributed by atoms with van der Waals surface area (Å²) in [6.07, 6.45) is 0.212. The first-order valence-corrected chi connectivity index (χ1v) is 7.41. The molecule has 2 aromatic carbocycles. The van der Waals surface area contributed by atoms with Gasteiger partial charge < -0.3 is 4.74 Å². The number of hydrogen-bond donors (Lipinski definition) is 0. The van der Waals surface area contributed by atoms with Gasteiger partial charge in [0.15, 0.2) is 5.78 Å². The van der Waals surface area contributed by atoms with Crippen LogP contribution in [0.2, 0.25) is 0 Å². The zero-order valence-electron chi connectivity index (χ0n) is 11.4. The van der Waals surface area contributed by atoms with Crippen LogP contribution in [0.1, 0.15) is 39.6 Å². The fraction of sp³-hybridized carbons (Fsp3) is 0.235. The van der Waals surface area contributed by atoms with E-state index in [9.17, 15) is 4.79 Å². The number of rotatable bonds is 1. The lowest BCUT2D eigenvalue weighted by Gasteiger charge is -2.27. The Hall–Kier alpha value is -1.61. The summed E-state index contributed by atoms with van der Waals surface area (Å²) >= 11 is 3.39. The highest BCUT2D eigenvalue weighted by Crippen LogP contribution is 2.37. The quantitative estimate of drug-likeness (QED) is 0.752. The van der Waals surface area contributed by atoms with Crippen molar-refractivity contribution >= 4 is 21.7 Å². The van der Waals surface area contributed by atoms with E-state index in [4.69, 9.17) is 4.74 Å². The largest absolute Gasteiger partial charge is 0.484 e. The van der Waals surface area contributed by atoms with E-state index in [1.54, 1.807) is 0 Å². The molecule has 1 aliphatic heterocycles. The molecule has 3 rings (SSSR count). The molecule has 1 aliphatic rings. The molecule has 2 aromatic rings. The molecule has 0 spiro atoms. The second kappa shape index (κ2) is 5.06. The van der Waals surface area contributed by atoms with Crippen LogP contribution in [-0.2, 0) is 0 Å². The van der Waals surface area contributed by atoms with Crippen molar-refractivity contribution < 1.29 is 9.53 Å². The van der Waals surface area contributed by atoms with Gasteiger partial charge >= 0.3 is 0 Å². The minimum Gasteiger partial charge on any atom is -0.484 e. The number of carbonyl (C=O) groups excluding carboxylic acids is 1. The van der Waals surface area contributed by atoms with Gasteiger partial charge in [-0.1, -0.05) is 34.1 Å². The molecule has 2 nitrogen and oxygen atoms in total. The standard InChI is InChI=1S/C17H15BrO2/c1-10-4-3-5-13(11(10)2)17-9-15(19)14-8-12(18)6-7-16(14)20-17/h3-8,17H,9H2,1-2H3. The van der Waals surface area contributed by atoms with Crippen LogP contribution < -0.4 is 4.74 Å². The maximum atomic E-state index is 12.3. The first-order chi connectivity index (χ1) is 9.56. The Balaban J connectivity index is 2.01. The van der Waals surface area contributed by atoms with Crippen LogP contribution in [0.15, 0.2) is 40.9 Å². The Bertz CT molecular complexity index is 691. The predicted octanol–water partition coefficient (Wildman–Crippen LogP) is 4.77. The molecule has 1 unspecified atom stereocenters. The number of aryl methyl sites for hydroxylation is 1. The summed E-state index contributed by atoms with van der Waals surface area (Å²) in [6.45, 7) is 4.16. The molecule has 0 amide bonds. The molecule has 0 saturated carbocycles. The van der Waals surface area contributed by atoms with Crippen LogP contribution in [0.3, 0.4) is 0 Å². The summed E-state index contributed by atoms with van der Waals surface area (Å²) in [5, 5.41) is 0. The number of fused-ring (bicyclic) bond motifs is 1. The number of hydrogen-bond acceptors (Lipinski definition) is 2. The number of benzene rings is 2. The van der Waals surface area contributed by atoms with Gasteiger partial charge in [0.25, 0.3) is 0 Å². The lowest BCUT2D eigenvalue weighted by Crippen LogP contribution is -2.21. The van der Waals surface area contributed by atoms with E-state index in [-0.39, 0.29) is 11.9 Å². The second-order valence-corrected chi connectivity index (χ2v) is 6.08. The molecule has 0 bridgehead atoms. The molecule has 0 aromatic heterocycles. The van der Waals surface area contributed by atoms with Gasteiger partial charge in [-0.3, -0.25) is 4.79 Å². The molecule has 0 aliphatic carbocycles. The van der Waals surface area contributed by atoms with Crippen molar-refractivity contribution in [3.05, 3.63) is 63.1 Å². The number of Topliss-reactive ketones (excluding diaryl/α,β-unsaturated/α-hetero) is 1. The van der Waals surface area contributed by atoms with Crippen molar-refractivity contribution in [2.24, 2.45) is 0 Å². The Morgan fingerprint density at radius 3 is 2.80 bits per heavy atom. The fourth-order valence-electron chi connectivity index (χ4n) is 2.59. The lowest BCUT2D eigenvalue weighted by molar-refractivity contribution is 0.0849. The second-order valence-electron chi connectivity index (χ2n) is 5.16. The van der Waals surface area contributed by atoms with E-state index in [0.717, 1.165) is 10.0 Å². The van der Waals surface area contributed by atoms with Crippen LogP contribution >= 0.6 is 15.9 Å². The molecule has 0 radical (unpaired) electrons. The van der Waals surface area contributed by atoms with Gasteiger partial charge in [-0.15, -0.1) is 0 Å². The SMILES string of the molecule is Cc1cccc(C2CC(=O)c3cc(Br)ccc3O2)c1C. The Morgan fingerprint density at radius 2 is 2.00 bits per heavy atom. The van der Waals surface area contributed by atoms with Gasteiger partial charge in [0, 0.05) is 4.47 Å². The molecule has 0 saturated heterocycles. The molecule has 0 N–H and O–H groups in total. The van der Waals surface area contributed by atoms with E-state index in [2.05, 4.69) is 35.8 Å². The predicted molar refractivity (Wildman–Crippen MR) is 82.4 cm³/mol. The van der Waals surface area contributed by atoms with Crippen LogP contribution in [0.5, 0.6) is 5.75 Å². The van der Waals surface area contributed by atoms with E-state index < -0.39 is 0 Å². The Morgan fingerprint density at radius 1 is 1.20 bits per heavy atom. The van der Waals surface area contributed by atoms with E-state index >= 15 is 0 Å². The molecule has 1 atom stereocenters. The van der Waals surface area contributed by atoms with Gasteiger partial charge in [-0.05, 0) is 48.7 Å². The van der Waals surface area contributed by atoms with Crippen LogP contribution in [0, 0.1) is 13.8 Å². The van der Waals surface area contributed by atoms with Gasteiger partial charge in [-0.2, -0.15) is 0 Å². The first kappa shape index (κ1) is 13.4. The first-order valence-electron chi connectivity index (χ1n) is 6.62. The molecule has 20 heavy (non-hydrogen) atoms. The van der Waals surface area contributed by atoms with Gasteiger partial charge in [0.2, 0.25) is 0 Å². The summed E-state index contributed by atoms with van der Waals surface area (Å²) < 4.78 is 6.94. The summed E-state index contributed by atoms with van der Waals surface area (Å²) in [6, 6.07) is 11.7. The fourth-order valence-corrected chi connectivity index (χ4v) is 2.95. The van der Waals surface area contributed by atoms with Gasteiger partial charge in [-0.25, -0.2) is 0 Å². The molecule has 3 heteroatoms. The summed E-state index contributed by atoms with van der Waals surface area (Å²) in [5.74, 6) is 0.814. The highest BCUT2D eigenvalue weighted by Gasteiger charge is 2.28. The van der Waals surface area contributed by atoms with Crippen LogP contribution in [0.25, 0.3) is 0 Å². The van der Waals surface area contributed by atoms with Crippen molar-refractivity contribution in [3.63, 3.8) is 0 Å². The number of ether oxygens (including phenoxy) is 1. The van der Waals surface area contributed by atoms with E-state index in [1.165, 1.54) is 11.1 Å². The Labute approximate surface area is 126 Å². The smallest absolute Gasteiger partial charge is 0.170 e. The zero-order valence-corrected chi connectivity index (χ0v) is 13.0. The monoisotopic (exact) mass is 330 g/mol. The number of carbonyl (C=O) groups is 1. The number of ketones is 1. The third-order valence-electron chi connectivity index (χ3n) is 3.88. The lowest BCUT2D eigenvalue weighted by atomic mass is 9.92. The van der Waals surface area contributed by atoms with Gasteiger partial charge in [0.05, 0.1) is 12.0 Å². The van der Waals surface area contributed by atoms with Crippen molar-refractivity contribution in [3.8, 4) is 5.75 Å². The normalized spacial score (nSPS) is 17.6. The van der Waals surface area contributed by atoms with E-state index in [1.807, 2.05) is 30.3 Å². The average molecular weight is 331 g/mol. The third-order valence-corrected chi connectivity index (χ3v) is 4.37. The summed E-state index contributed by atoms with van der Waals surface area (Å²) in [4.78, 5) is 12.3. The highest BCUT2D eigenvalue weighted by atomic mass is 79.9. The molecule has 102 valence electrons. The maximum absolute atomic E-state index is 12.3. The van der Waals surface area contributed by atoms with Crippen LogP contribution in [-0.4, -0.2) is 5.78 Å². The van der Waals surface area contributed by atoms with Crippen LogP contribution in [0.4, 0.5) is 0 Å². The van der Waals surface area contributed by atoms with Crippen molar-refractivity contribution in [2.45, 2.75) is 26.4 Å².